The summed E-state index contributed by atoms with van der Waals surface area (Å²) in [6.07, 6.45) is 4.99. The fourth-order valence-corrected chi connectivity index (χ4v) is 1.57. The van der Waals surface area contributed by atoms with Gasteiger partial charge in [-0.2, -0.15) is 0 Å². The van der Waals surface area contributed by atoms with E-state index < -0.39 is 0 Å². The highest BCUT2D eigenvalue weighted by Crippen LogP contribution is 2.06. The number of hydrogen-bond acceptors (Lipinski definition) is 2. The minimum absolute atomic E-state index is 0.559. The molecule has 0 aromatic carbocycles. The van der Waals surface area contributed by atoms with Gasteiger partial charge in [0.05, 0.1) is 0 Å². The molecule has 2 rings (SSSR count). The lowest BCUT2D eigenvalue weighted by atomic mass is 10.2. The van der Waals surface area contributed by atoms with Gasteiger partial charge in [-0.05, 0) is 25.5 Å². The van der Waals surface area contributed by atoms with Crippen LogP contribution in [0.1, 0.15) is 26.0 Å². The van der Waals surface area contributed by atoms with Crippen molar-refractivity contribution in [1.29, 1.82) is 0 Å². The lowest BCUT2D eigenvalue weighted by molar-refractivity contribution is 0.527. The molecule has 2 aromatic rings. The zero-order valence-electron chi connectivity index (χ0n) is 9.27. The van der Waals surface area contributed by atoms with Gasteiger partial charge in [-0.15, -0.1) is 0 Å². The molecule has 2 heterocycles. The fourth-order valence-electron chi connectivity index (χ4n) is 1.57. The van der Waals surface area contributed by atoms with Crippen LogP contribution in [-0.2, 0) is 6.54 Å². The van der Waals surface area contributed by atoms with Crippen LogP contribution in [-0.4, -0.2) is 15.4 Å². The van der Waals surface area contributed by atoms with E-state index in [1.807, 2.05) is 18.5 Å². The van der Waals surface area contributed by atoms with Crippen molar-refractivity contribution in [1.82, 2.24) is 14.7 Å². The Morgan fingerprint density at radius 1 is 1.47 bits per heavy atom. The highest BCUT2D eigenvalue weighted by Gasteiger charge is 2.02. The molecule has 1 atom stereocenters. The first kappa shape index (κ1) is 10.2. The average Bonchev–Trinajstić information content (AvgIpc) is 2.74. The molecule has 3 heteroatoms. The van der Waals surface area contributed by atoms with E-state index in [2.05, 4.69) is 40.7 Å². The number of fused-ring (bicyclic) bond motifs is 1. The largest absolute Gasteiger partial charge is 0.309 e. The number of nitrogens with zero attached hydrogens (tertiary/aromatic N) is 2. The zero-order valence-corrected chi connectivity index (χ0v) is 9.27. The number of imidazole rings is 1. The molecule has 0 amide bonds. The fraction of sp³-hybridized carbons (Fsp3) is 0.417. The predicted molar refractivity (Wildman–Crippen MR) is 61.8 cm³/mol. The van der Waals surface area contributed by atoms with E-state index in [4.69, 9.17) is 0 Å². The third-order valence-corrected chi connectivity index (χ3v) is 2.76. The summed E-state index contributed by atoms with van der Waals surface area (Å²) in [6.45, 7) is 5.28. The molecule has 0 spiro atoms. The number of hydrogen-bond donors (Lipinski definition) is 1. The molecule has 0 radical (unpaired) electrons. The van der Waals surface area contributed by atoms with Gasteiger partial charge in [0.2, 0.25) is 0 Å². The van der Waals surface area contributed by atoms with Crippen molar-refractivity contribution in [2.75, 3.05) is 0 Å². The van der Waals surface area contributed by atoms with Crippen molar-refractivity contribution >= 4 is 5.65 Å². The molecule has 0 saturated carbocycles. The van der Waals surface area contributed by atoms with Crippen LogP contribution in [0.25, 0.3) is 5.65 Å². The standard InChI is InChI=1S/C12H17N3/c1-3-10(2)14-9-11-5-4-6-12-13-7-8-15(11)12/h4-8,10,14H,3,9H2,1-2H3. The summed E-state index contributed by atoms with van der Waals surface area (Å²) in [6, 6.07) is 6.76. The van der Waals surface area contributed by atoms with Crippen molar-refractivity contribution in [3.63, 3.8) is 0 Å². The van der Waals surface area contributed by atoms with Crippen LogP contribution in [0.15, 0.2) is 30.6 Å². The molecular weight excluding hydrogens is 186 g/mol. The highest BCUT2D eigenvalue weighted by atomic mass is 15.0. The third kappa shape index (κ3) is 2.18. The molecule has 0 fully saturated rings. The second-order valence-corrected chi connectivity index (χ2v) is 3.86. The number of aromatic nitrogens is 2. The first-order chi connectivity index (χ1) is 7.31. The lowest BCUT2D eigenvalue weighted by Gasteiger charge is -2.12. The molecule has 0 aliphatic carbocycles. The number of pyridine rings is 1. The third-order valence-electron chi connectivity index (χ3n) is 2.76. The SMILES string of the molecule is CCC(C)NCc1cccc2nccn12. The Hall–Kier alpha value is -1.35. The van der Waals surface area contributed by atoms with Crippen LogP contribution in [0.4, 0.5) is 0 Å². The molecule has 0 bridgehead atoms. The summed E-state index contributed by atoms with van der Waals surface area (Å²) in [5.41, 5.74) is 2.27. The quantitative estimate of drug-likeness (QED) is 0.825. The van der Waals surface area contributed by atoms with E-state index in [0.29, 0.717) is 6.04 Å². The van der Waals surface area contributed by atoms with Crippen molar-refractivity contribution in [3.05, 3.63) is 36.3 Å². The molecule has 0 aliphatic heterocycles. The van der Waals surface area contributed by atoms with E-state index in [0.717, 1.165) is 18.6 Å². The normalized spacial score (nSPS) is 13.2. The first-order valence-electron chi connectivity index (χ1n) is 5.45. The molecule has 2 aromatic heterocycles. The maximum Gasteiger partial charge on any atom is 0.136 e. The minimum Gasteiger partial charge on any atom is -0.309 e. The molecule has 80 valence electrons. The molecule has 0 aliphatic rings. The maximum absolute atomic E-state index is 4.26. The topological polar surface area (TPSA) is 29.3 Å². The first-order valence-corrected chi connectivity index (χ1v) is 5.45. The van der Waals surface area contributed by atoms with Crippen LogP contribution >= 0.6 is 0 Å². The van der Waals surface area contributed by atoms with Crippen LogP contribution < -0.4 is 5.32 Å². The van der Waals surface area contributed by atoms with Gasteiger partial charge < -0.3 is 9.72 Å². The van der Waals surface area contributed by atoms with Crippen molar-refractivity contribution in [3.8, 4) is 0 Å². The van der Waals surface area contributed by atoms with E-state index in [1.165, 1.54) is 5.69 Å². The molecular formula is C12H17N3. The van der Waals surface area contributed by atoms with Crippen molar-refractivity contribution in [2.24, 2.45) is 0 Å². The summed E-state index contributed by atoms with van der Waals surface area (Å²) in [5.74, 6) is 0. The van der Waals surface area contributed by atoms with Crippen LogP contribution in [0.2, 0.25) is 0 Å². The molecule has 1 unspecified atom stereocenters. The van der Waals surface area contributed by atoms with E-state index in [9.17, 15) is 0 Å². The Labute approximate surface area is 90.1 Å². The summed E-state index contributed by atoms with van der Waals surface area (Å²) >= 11 is 0. The Balaban J connectivity index is 2.17. The van der Waals surface area contributed by atoms with Crippen molar-refractivity contribution < 1.29 is 0 Å². The van der Waals surface area contributed by atoms with Gasteiger partial charge in [0, 0.05) is 30.7 Å². The van der Waals surface area contributed by atoms with E-state index in [1.54, 1.807) is 0 Å². The Morgan fingerprint density at radius 2 is 2.33 bits per heavy atom. The second-order valence-electron chi connectivity index (χ2n) is 3.86. The maximum atomic E-state index is 4.26. The van der Waals surface area contributed by atoms with Crippen LogP contribution in [0.5, 0.6) is 0 Å². The van der Waals surface area contributed by atoms with E-state index >= 15 is 0 Å². The summed E-state index contributed by atoms with van der Waals surface area (Å²) < 4.78 is 2.12. The predicted octanol–water partition coefficient (Wildman–Crippen LogP) is 2.22. The van der Waals surface area contributed by atoms with Crippen molar-refractivity contribution in [2.45, 2.75) is 32.9 Å². The van der Waals surface area contributed by atoms with Gasteiger partial charge in [0.25, 0.3) is 0 Å². The smallest absolute Gasteiger partial charge is 0.136 e. The highest BCUT2D eigenvalue weighted by molar-refractivity contribution is 5.39. The van der Waals surface area contributed by atoms with E-state index in [-0.39, 0.29) is 0 Å². The van der Waals surface area contributed by atoms with Crippen LogP contribution in [0.3, 0.4) is 0 Å². The summed E-state index contributed by atoms with van der Waals surface area (Å²) in [5, 5.41) is 3.48. The van der Waals surface area contributed by atoms with Gasteiger partial charge >= 0.3 is 0 Å². The zero-order chi connectivity index (χ0) is 10.7. The number of nitrogens with one attached hydrogen (secondary N) is 1. The van der Waals surface area contributed by atoms with Gasteiger partial charge in [-0.3, -0.25) is 0 Å². The average molecular weight is 203 g/mol. The summed E-state index contributed by atoms with van der Waals surface area (Å²) in [4.78, 5) is 4.26. The second kappa shape index (κ2) is 4.45. The Morgan fingerprint density at radius 3 is 3.13 bits per heavy atom. The van der Waals surface area contributed by atoms with Gasteiger partial charge in [-0.1, -0.05) is 13.0 Å². The molecule has 0 saturated heterocycles. The van der Waals surface area contributed by atoms with Crippen LogP contribution in [0, 0.1) is 0 Å². The monoisotopic (exact) mass is 203 g/mol. The lowest BCUT2D eigenvalue weighted by Crippen LogP contribution is -2.25. The Bertz CT molecular complexity index is 433. The summed E-state index contributed by atoms with van der Waals surface area (Å²) in [7, 11) is 0. The minimum atomic E-state index is 0.559. The molecule has 1 N–H and O–H groups in total. The van der Waals surface area contributed by atoms with Gasteiger partial charge in [-0.25, -0.2) is 4.98 Å². The van der Waals surface area contributed by atoms with Gasteiger partial charge in [0.15, 0.2) is 0 Å². The van der Waals surface area contributed by atoms with Gasteiger partial charge in [0.1, 0.15) is 5.65 Å². The Kier molecular flexibility index (Phi) is 3.02. The number of rotatable bonds is 4. The molecule has 15 heavy (non-hydrogen) atoms. The molecule has 3 nitrogen and oxygen atoms in total.